The topological polar surface area (TPSA) is 65.4 Å². The maximum absolute atomic E-state index is 13.0. The van der Waals surface area contributed by atoms with E-state index in [2.05, 4.69) is 5.32 Å². The predicted octanol–water partition coefficient (Wildman–Crippen LogP) is 5.70. The fraction of sp³-hybridized carbons (Fsp3) is 0.154. The zero-order chi connectivity index (χ0) is 23.4. The number of halogens is 1. The van der Waals surface area contributed by atoms with E-state index in [-0.39, 0.29) is 12.3 Å². The number of carbonyl (C=O) groups is 1. The van der Waals surface area contributed by atoms with Gasteiger partial charge in [-0.25, -0.2) is 4.68 Å². The molecule has 4 rings (SSSR count). The number of hydrogen-bond acceptors (Lipinski definition) is 4. The van der Waals surface area contributed by atoms with Crippen molar-refractivity contribution < 1.29 is 14.3 Å². The van der Waals surface area contributed by atoms with Crippen LogP contribution in [0.2, 0.25) is 5.02 Å². The van der Waals surface area contributed by atoms with Gasteiger partial charge >= 0.3 is 0 Å². The Morgan fingerprint density at radius 3 is 2.33 bits per heavy atom. The first-order valence-electron chi connectivity index (χ1n) is 10.4. The third-order valence-corrected chi connectivity index (χ3v) is 5.54. The van der Waals surface area contributed by atoms with Gasteiger partial charge in [-0.2, -0.15) is 5.10 Å². The van der Waals surface area contributed by atoms with Crippen molar-refractivity contribution in [2.24, 2.45) is 0 Å². The summed E-state index contributed by atoms with van der Waals surface area (Å²) in [6, 6.07) is 20.8. The Labute approximate surface area is 197 Å². The van der Waals surface area contributed by atoms with E-state index in [1.54, 1.807) is 25.0 Å². The van der Waals surface area contributed by atoms with Crippen molar-refractivity contribution in [2.45, 2.75) is 13.3 Å². The largest absolute Gasteiger partial charge is 0.493 e. The van der Waals surface area contributed by atoms with E-state index in [9.17, 15) is 4.79 Å². The lowest BCUT2D eigenvalue weighted by Crippen LogP contribution is -2.15. The number of rotatable bonds is 7. The van der Waals surface area contributed by atoms with Crippen LogP contribution in [0.5, 0.6) is 11.5 Å². The summed E-state index contributed by atoms with van der Waals surface area (Å²) in [4.78, 5) is 13.0. The minimum absolute atomic E-state index is 0.151. The number of nitrogens with one attached hydrogen (secondary N) is 1. The number of anilines is 1. The molecule has 3 aromatic carbocycles. The van der Waals surface area contributed by atoms with Gasteiger partial charge in [0.15, 0.2) is 11.5 Å². The number of methoxy groups -OCH3 is 2. The maximum atomic E-state index is 13.0. The molecule has 0 radical (unpaired) electrons. The third kappa shape index (κ3) is 5.02. The summed E-state index contributed by atoms with van der Waals surface area (Å²) >= 11 is 6.07. The lowest BCUT2D eigenvalue weighted by Gasteiger charge is -2.13. The molecule has 0 saturated heterocycles. The van der Waals surface area contributed by atoms with E-state index in [1.807, 2.05) is 73.8 Å². The molecule has 0 saturated carbocycles. The standard InChI is InChI=1S/C26H24ClN3O3/c1-17-13-23(32-2)24(33-3)15-22(17)28-25(31)14-19-16-30(21-7-5-4-6-8-21)29-26(19)18-9-11-20(27)12-10-18/h4-13,15-16H,14H2,1-3H3,(H,28,31). The van der Waals surface area contributed by atoms with E-state index < -0.39 is 0 Å². The SMILES string of the molecule is COc1cc(C)c(NC(=O)Cc2cn(-c3ccccc3)nc2-c2ccc(Cl)cc2)cc1OC. The van der Waals surface area contributed by atoms with E-state index in [1.165, 1.54) is 0 Å². The highest BCUT2D eigenvalue weighted by atomic mass is 35.5. The minimum Gasteiger partial charge on any atom is -0.493 e. The Bertz CT molecular complexity index is 1270. The van der Waals surface area contributed by atoms with E-state index >= 15 is 0 Å². The van der Waals surface area contributed by atoms with Gasteiger partial charge in [-0.05, 0) is 42.8 Å². The molecule has 1 aromatic heterocycles. The molecule has 1 amide bonds. The number of amides is 1. The van der Waals surface area contributed by atoms with E-state index in [4.69, 9.17) is 26.2 Å². The van der Waals surface area contributed by atoms with Crippen LogP contribution in [0.4, 0.5) is 5.69 Å². The molecule has 0 bridgehead atoms. The van der Waals surface area contributed by atoms with Crippen molar-refractivity contribution in [3.8, 4) is 28.4 Å². The minimum atomic E-state index is -0.159. The number of carbonyl (C=O) groups excluding carboxylic acids is 1. The summed E-state index contributed by atoms with van der Waals surface area (Å²) in [7, 11) is 3.15. The van der Waals surface area contributed by atoms with Crippen molar-refractivity contribution in [1.29, 1.82) is 0 Å². The van der Waals surface area contributed by atoms with Gasteiger partial charge in [0.05, 0.1) is 32.0 Å². The molecule has 33 heavy (non-hydrogen) atoms. The number of para-hydroxylation sites is 1. The van der Waals surface area contributed by atoms with Crippen molar-refractivity contribution in [1.82, 2.24) is 9.78 Å². The summed E-state index contributed by atoms with van der Waals surface area (Å²) in [5.74, 6) is 1.01. The van der Waals surface area contributed by atoms with Gasteiger partial charge in [0.2, 0.25) is 5.91 Å². The maximum Gasteiger partial charge on any atom is 0.228 e. The second-order valence-corrected chi connectivity index (χ2v) is 7.97. The molecule has 6 nitrogen and oxygen atoms in total. The van der Waals surface area contributed by atoms with Gasteiger partial charge in [-0.15, -0.1) is 0 Å². The Morgan fingerprint density at radius 1 is 1.00 bits per heavy atom. The summed E-state index contributed by atoms with van der Waals surface area (Å²) in [5.41, 5.74) is 4.88. The molecule has 0 atom stereocenters. The molecule has 0 unspecified atom stereocenters. The van der Waals surface area contributed by atoms with E-state index in [0.29, 0.717) is 22.2 Å². The number of hydrogen-bond donors (Lipinski definition) is 1. The summed E-state index contributed by atoms with van der Waals surface area (Å²) < 4.78 is 12.5. The second-order valence-electron chi connectivity index (χ2n) is 7.54. The van der Waals surface area contributed by atoms with Gasteiger partial charge in [0, 0.05) is 34.1 Å². The normalized spacial score (nSPS) is 10.7. The fourth-order valence-electron chi connectivity index (χ4n) is 3.59. The second kappa shape index (κ2) is 9.79. The average Bonchev–Trinajstić information content (AvgIpc) is 3.24. The Kier molecular flexibility index (Phi) is 6.66. The number of ether oxygens (including phenoxy) is 2. The molecule has 0 fully saturated rings. The first-order valence-corrected chi connectivity index (χ1v) is 10.8. The zero-order valence-electron chi connectivity index (χ0n) is 18.6. The molecule has 1 N–H and O–H groups in total. The van der Waals surface area contributed by atoms with E-state index in [0.717, 1.165) is 28.1 Å². The highest BCUT2D eigenvalue weighted by Crippen LogP contribution is 2.33. The Balaban J connectivity index is 1.65. The molecular weight excluding hydrogens is 438 g/mol. The van der Waals surface area contributed by atoms with Crippen LogP contribution in [0.15, 0.2) is 72.9 Å². The lowest BCUT2D eigenvalue weighted by molar-refractivity contribution is -0.115. The molecule has 4 aromatic rings. The van der Waals surface area contributed by atoms with Gasteiger partial charge in [-0.3, -0.25) is 4.79 Å². The number of aryl methyl sites for hydroxylation is 1. The number of benzene rings is 3. The van der Waals surface area contributed by atoms with Crippen molar-refractivity contribution >= 4 is 23.2 Å². The van der Waals surface area contributed by atoms with Gasteiger partial charge in [0.1, 0.15) is 0 Å². The van der Waals surface area contributed by atoms with Crippen LogP contribution < -0.4 is 14.8 Å². The van der Waals surface area contributed by atoms with Crippen LogP contribution in [-0.4, -0.2) is 29.9 Å². The molecule has 0 aliphatic rings. The Morgan fingerprint density at radius 2 is 1.67 bits per heavy atom. The first kappa shape index (κ1) is 22.4. The molecule has 0 aliphatic heterocycles. The third-order valence-electron chi connectivity index (χ3n) is 5.28. The number of nitrogens with zero attached hydrogens (tertiary/aromatic N) is 2. The summed E-state index contributed by atoms with van der Waals surface area (Å²) in [6.07, 6.45) is 2.04. The molecule has 0 aliphatic carbocycles. The van der Waals surface area contributed by atoms with Crippen LogP contribution in [-0.2, 0) is 11.2 Å². The molecular formula is C26H24ClN3O3. The highest BCUT2D eigenvalue weighted by molar-refractivity contribution is 6.30. The predicted molar refractivity (Wildman–Crippen MR) is 131 cm³/mol. The highest BCUT2D eigenvalue weighted by Gasteiger charge is 2.17. The monoisotopic (exact) mass is 461 g/mol. The summed E-state index contributed by atoms with van der Waals surface area (Å²) in [6.45, 7) is 1.91. The first-order chi connectivity index (χ1) is 16.0. The molecule has 168 valence electrons. The van der Waals surface area contributed by atoms with Gasteiger partial charge < -0.3 is 14.8 Å². The van der Waals surface area contributed by atoms with Crippen LogP contribution in [0.1, 0.15) is 11.1 Å². The summed E-state index contributed by atoms with van der Waals surface area (Å²) in [5, 5.41) is 8.40. The molecule has 1 heterocycles. The van der Waals surface area contributed by atoms with Crippen molar-refractivity contribution in [3.05, 3.63) is 89.1 Å². The number of aromatic nitrogens is 2. The smallest absolute Gasteiger partial charge is 0.228 e. The van der Waals surface area contributed by atoms with Gasteiger partial charge in [0.25, 0.3) is 0 Å². The van der Waals surface area contributed by atoms with Crippen LogP contribution in [0, 0.1) is 6.92 Å². The van der Waals surface area contributed by atoms with Crippen molar-refractivity contribution in [2.75, 3.05) is 19.5 Å². The lowest BCUT2D eigenvalue weighted by atomic mass is 10.1. The van der Waals surface area contributed by atoms with Crippen molar-refractivity contribution in [3.63, 3.8) is 0 Å². The van der Waals surface area contributed by atoms with Gasteiger partial charge in [-0.1, -0.05) is 41.9 Å². The Hall–Kier alpha value is -3.77. The molecule has 0 spiro atoms. The average molecular weight is 462 g/mol. The van der Waals surface area contributed by atoms with Crippen LogP contribution in [0.3, 0.4) is 0 Å². The molecule has 7 heteroatoms. The quantitative estimate of drug-likeness (QED) is 0.383. The zero-order valence-corrected chi connectivity index (χ0v) is 19.4. The fourth-order valence-corrected chi connectivity index (χ4v) is 3.71. The van der Waals surface area contributed by atoms with Crippen LogP contribution in [0.25, 0.3) is 16.9 Å². The van der Waals surface area contributed by atoms with Crippen LogP contribution >= 0.6 is 11.6 Å².